The van der Waals surface area contributed by atoms with E-state index in [-0.39, 0.29) is 23.9 Å². The number of methoxy groups -OCH3 is 1. The molecule has 1 heterocycles. The van der Waals surface area contributed by atoms with Crippen molar-refractivity contribution in [1.29, 1.82) is 0 Å². The molecule has 4 rings (SSSR count). The third kappa shape index (κ3) is 3.91. The average molecular weight is 407 g/mol. The molecule has 5 atom stereocenters. The first kappa shape index (κ1) is 21.4. The fourth-order valence-corrected chi connectivity index (χ4v) is 6.08. The molecule has 5 unspecified atom stereocenters. The van der Waals surface area contributed by atoms with Gasteiger partial charge in [-0.05, 0) is 80.9 Å². The standard InChI is InChI=1S/C23H34N2O2.ClH/c1-16(24)19-6-4-10-25(15-19)22(26)23(14-18-8-9-20(23)11-18)13-17-5-3-7-21(12-17)27-2;/h3,5,7,12,16,18-20H,4,6,8-11,13-15,24H2,1-2H3;1H. The Bertz CT molecular complexity index is 695. The van der Waals surface area contributed by atoms with E-state index in [9.17, 15) is 4.79 Å². The van der Waals surface area contributed by atoms with Crippen LogP contribution in [0.15, 0.2) is 24.3 Å². The minimum absolute atomic E-state index is 0. The molecule has 0 radical (unpaired) electrons. The number of amides is 1. The monoisotopic (exact) mass is 406 g/mol. The Morgan fingerprint density at radius 1 is 1.36 bits per heavy atom. The Morgan fingerprint density at radius 2 is 2.18 bits per heavy atom. The predicted molar refractivity (Wildman–Crippen MR) is 115 cm³/mol. The van der Waals surface area contributed by atoms with Crippen LogP contribution in [-0.4, -0.2) is 37.0 Å². The molecule has 2 bridgehead atoms. The van der Waals surface area contributed by atoms with Gasteiger partial charge in [0, 0.05) is 19.1 Å². The number of carbonyl (C=O) groups excluding carboxylic acids is 1. The van der Waals surface area contributed by atoms with Gasteiger partial charge in [0.2, 0.25) is 5.91 Å². The van der Waals surface area contributed by atoms with E-state index in [0.29, 0.717) is 17.7 Å². The van der Waals surface area contributed by atoms with Gasteiger partial charge in [-0.25, -0.2) is 0 Å². The highest BCUT2D eigenvalue weighted by atomic mass is 35.5. The molecular formula is C23H35ClN2O2. The van der Waals surface area contributed by atoms with Gasteiger partial charge in [-0.3, -0.25) is 4.79 Å². The molecule has 2 saturated carbocycles. The van der Waals surface area contributed by atoms with Crippen LogP contribution in [0.2, 0.25) is 0 Å². The zero-order chi connectivity index (χ0) is 19.0. The Morgan fingerprint density at radius 3 is 2.82 bits per heavy atom. The van der Waals surface area contributed by atoms with E-state index in [2.05, 4.69) is 24.0 Å². The molecule has 2 aliphatic carbocycles. The van der Waals surface area contributed by atoms with Crippen molar-refractivity contribution >= 4 is 18.3 Å². The lowest BCUT2D eigenvalue weighted by molar-refractivity contribution is -0.147. The summed E-state index contributed by atoms with van der Waals surface area (Å²) >= 11 is 0. The molecule has 4 nitrogen and oxygen atoms in total. The number of nitrogens with zero attached hydrogens (tertiary/aromatic N) is 1. The normalized spacial score (nSPS) is 32.7. The second-order valence-electron chi connectivity index (χ2n) is 9.28. The van der Waals surface area contributed by atoms with Gasteiger partial charge in [0.1, 0.15) is 5.75 Å². The summed E-state index contributed by atoms with van der Waals surface area (Å²) in [4.78, 5) is 16.1. The van der Waals surface area contributed by atoms with E-state index in [1.165, 1.54) is 24.8 Å². The fraction of sp³-hybridized carbons (Fsp3) is 0.696. The first-order valence-electron chi connectivity index (χ1n) is 10.7. The maximum atomic E-state index is 13.9. The van der Waals surface area contributed by atoms with E-state index < -0.39 is 0 Å². The largest absolute Gasteiger partial charge is 0.497 e. The zero-order valence-corrected chi connectivity index (χ0v) is 18.0. The summed E-state index contributed by atoms with van der Waals surface area (Å²) in [6, 6.07) is 8.46. The Balaban J connectivity index is 0.00000225. The van der Waals surface area contributed by atoms with Crippen LogP contribution in [0.25, 0.3) is 0 Å². The van der Waals surface area contributed by atoms with Gasteiger partial charge in [0.05, 0.1) is 12.5 Å². The van der Waals surface area contributed by atoms with E-state index in [1.54, 1.807) is 7.11 Å². The van der Waals surface area contributed by atoms with Crippen LogP contribution in [0.4, 0.5) is 0 Å². The number of halogens is 1. The van der Waals surface area contributed by atoms with E-state index >= 15 is 0 Å². The third-order valence-electron chi connectivity index (χ3n) is 7.54. The molecule has 1 amide bonds. The summed E-state index contributed by atoms with van der Waals surface area (Å²) in [5.74, 6) is 3.00. The van der Waals surface area contributed by atoms with Crippen molar-refractivity contribution in [3.8, 4) is 5.75 Å². The number of hydrogen-bond acceptors (Lipinski definition) is 3. The number of hydrogen-bond donors (Lipinski definition) is 1. The number of rotatable bonds is 5. The lowest BCUT2D eigenvalue weighted by Crippen LogP contribution is -2.53. The van der Waals surface area contributed by atoms with Crippen molar-refractivity contribution in [1.82, 2.24) is 4.90 Å². The second kappa shape index (κ2) is 8.62. The molecule has 0 aromatic heterocycles. The summed E-state index contributed by atoms with van der Waals surface area (Å²) in [6.07, 6.45) is 7.90. The zero-order valence-electron chi connectivity index (χ0n) is 17.2. The average Bonchev–Trinajstić information content (AvgIpc) is 3.29. The summed E-state index contributed by atoms with van der Waals surface area (Å²) < 4.78 is 5.42. The van der Waals surface area contributed by atoms with Crippen molar-refractivity contribution in [3.05, 3.63) is 29.8 Å². The molecular weight excluding hydrogens is 372 g/mol. The van der Waals surface area contributed by atoms with E-state index in [1.807, 2.05) is 12.1 Å². The third-order valence-corrected chi connectivity index (χ3v) is 7.54. The number of likely N-dealkylation sites (tertiary alicyclic amines) is 1. The van der Waals surface area contributed by atoms with Crippen LogP contribution in [-0.2, 0) is 11.2 Å². The van der Waals surface area contributed by atoms with Crippen molar-refractivity contribution in [2.24, 2.45) is 28.9 Å². The van der Waals surface area contributed by atoms with Crippen LogP contribution in [0.1, 0.15) is 51.0 Å². The minimum atomic E-state index is -0.213. The van der Waals surface area contributed by atoms with Crippen LogP contribution >= 0.6 is 12.4 Å². The van der Waals surface area contributed by atoms with Crippen LogP contribution in [0, 0.1) is 23.2 Å². The number of benzene rings is 1. The number of carbonyl (C=O) groups is 1. The first-order chi connectivity index (χ1) is 13.0. The van der Waals surface area contributed by atoms with Crippen LogP contribution < -0.4 is 10.5 Å². The van der Waals surface area contributed by atoms with Gasteiger partial charge in [-0.2, -0.15) is 0 Å². The van der Waals surface area contributed by atoms with Crippen molar-refractivity contribution in [2.75, 3.05) is 20.2 Å². The maximum Gasteiger partial charge on any atom is 0.229 e. The quantitative estimate of drug-likeness (QED) is 0.802. The Labute approximate surface area is 175 Å². The number of nitrogens with two attached hydrogens (primary N) is 1. The van der Waals surface area contributed by atoms with Crippen molar-refractivity contribution in [2.45, 2.75) is 57.9 Å². The molecule has 28 heavy (non-hydrogen) atoms. The van der Waals surface area contributed by atoms with E-state index in [4.69, 9.17) is 10.5 Å². The molecule has 156 valence electrons. The maximum absolute atomic E-state index is 13.9. The van der Waals surface area contributed by atoms with Gasteiger partial charge in [-0.1, -0.05) is 18.6 Å². The molecule has 1 aliphatic heterocycles. The van der Waals surface area contributed by atoms with Crippen molar-refractivity contribution < 1.29 is 9.53 Å². The molecule has 3 aliphatic rings. The smallest absolute Gasteiger partial charge is 0.229 e. The van der Waals surface area contributed by atoms with Crippen LogP contribution in [0.5, 0.6) is 5.75 Å². The molecule has 1 aromatic carbocycles. The lowest BCUT2D eigenvalue weighted by Gasteiger charge is -2.43. The predicted octanol–water partition coefficient (Wildman–Crippen LogP) is 4.05. The molecule has 5 heteroatoms. The Hall–Kier alpha value is -1.26. The highest BCUT2D eigenvalue weighted by Gasteiger charge is 2.56. The van der Waals surface area contributed by atoms with Gasteiger partial charge in [-0.15, -0.1) is 12.4 Å². The lowest BCUT2D eigenvalue weighted by atomic mass is 9.68. The van der Waals surface area contributed by atoms with Gasteiger partial charge in [0.25, 0.3) is 0 Å². The number of piperidine rings is 1. The molecule has 1 aromatic rings. The fourth-order valence-electron chi connectivity index (χ4n) is 6.08. The Kier molecular flexibility index (Phi) is 6.61. The molecule has 3 fully saturated rings. The highest BCUT2D eigenvalue weighted by Crippen LogP contribution is 2.58. The van der Waals surface area contributed by atoms with Gasteiger partial charge in [0.15, 0.2) is 0 Å². The highest BCUT2D eigenvalue weighted by molar-refractivity contribution is 5.85. The van der Waals surface area contributed by atoms with E-state index in [0.717, 1.165) is 50.4 Å². The van der Waals surface area contributed by atoms with Gasteiger partial charge >= 0.3 is 0 Å². The molecule has 1 saturated heterocycles. The molecule has 0 spiro atoms. The van der Waals surface area contributed by atoms with Gasteiger partial charge < -0.3 is 15.4 Å². The summed E-state index contributed by atoms with van der Waals surface area (Å²) in [6.45, 7) is 3.83. The SMILES string of the molecule is COc1cccc(CC2(C(=O)N3CCCC(C(C)N)C3)CC3CCC2C3)c1.Cl. The van der Waals surface area contributed by atoms with Crippen LogP contribution in [0.3, 0.4) is 0 Å². The summed E-state index contributed by atoms with van der Waals surface area (Å²) in [7, 11) is 1.71. The number of ether oxygens (including phenoxy) is 1. The summed E-state index contributed by atoms with van der Waals surface area (Å²) in [5.41, 5.74) is 7.20. The second-order valence-corrected chi connectivity index (χ2v) is 9.28. The minimum Gasteiger partial charge on any atom is -0.497 e. The topological polar surface area (TPSA) is 55.6 Å². The molecule has 2 N–H and O–H groups in total. The summed E-state index contributed by atoms with van der Waals surface area (Å²) in [5, 5.41) is 0. The number of fused-ring (bicyclic) bond motifs is 2. The first-order valence-corrected chi connectivity index (χ1v) is 10.7. The van der Waals surface area contributed by atoms with Crippen molar-refractivity contribution in [3.63, 3.8) is 0 Å².